The molecule has 2 N–H and O–H groups in total. The molecule has 1 aromatic carbocycles. The minimum atomic E-state index is -0.166. The average molecular weight is 340 g/mol. The number of para-hydroxylation sites is 1. The number of furan rings is 1. The van der Waals surface area contributed by atoms with Crippen LogP contribution in [-0.4, -0.2) is 38.5 Å². The van der Waals surface area contributed by atoms with Crippen LogP contribution in [0.4, 0.5) is 5.69 Å². The predicted molar refractivity (Wildman–Crippen MR) is 99.2 cm³/mol. The van der Waals surface area contributed by atoms with Gasteiger partial charge in [-0.3, -0.25) is 9.79 Å². The standard InChI is InChI=1S/C19H24N4O2/c1-14-9-13-25-17(14)18(24)21-10-5-11-22-19(20-2)23-12-8-15-6-3-4-7-16(15)23/h3-4,6-7,9,13H,5,8,10-12H2,1-2H3,(H,20,22)(H,21,24). The van der Waals surface area contributed by atoms with E-state index in [9.17, 15) is 4.79 Å². The van der Waals surface area contributed by atoms with E-state index < -0.39 is 0 Å². The summed E-state index contributed by atoms with van der Waals surface area (Å²) in [5.74, 6) is 1.09. The molecule has 0 saturated heterocycles. The van der Waals surface area contributed by atoms with E-state index in [1.54, 1.807) is 13.1 Å². The van der Waals surface area contributed by atoms with Crippen LogP contribution >= 0.6 is 0 Å². The van der Waals surface area contributed by atoms with Crippen molar-refractivity contribution in [2.45, 2.75) is 19.8 Å². The first-order chi connectivity index (χ1) is 12.2. The van der Waals surface area contributed by atoms with Crippen molar-refractivity contribution in [1.29, 1.82) is 0 Å². The number of aliphatic imine (C=N–C) groups is 1. The highest BCUT2D eigenvalue weighted by Gasteiger charge is 2.22. The van der Waals surface area contributed by atoms with Crippen LogP contribution in [0.1, 0.15) is 28.1 Å². The number of fused-ring (bicyclic) bond motifs is 1. The summed E-state index contributed by atoms with van der Waals surface area (Å²) < 4.78 is 5.19. The number of aryl methyl sites for hydroxylation is 1. The average Bonchev–Trinajstić information content (AvgIpc) is 3.24. The first kappa shape index (κ1) is 17.1. The van der Waals surface area contributed by atoms with Crippen molar-refractivity contribution in [3.63, 3.8) is 0 Å². The van der Waals surface area contributed by atoms with Gasteiger partial charge in [-0.2, -0.15) is 0 Å². The Morgan fingerprint density at radius 2 is 2.04 bits per heavy atom. The van der Waals surface area contributed by atoms with Crippen LogP contribution in [0.2, 0.25) is 0 Å². The molecule has 0 saturated carbocycles. The Labute approximate surface area is 147 Å². The largest absolute Gasteiger partial charge is 0.459 e. The number of nitrogens with zero attached hydrogens (tertiary/aromatic N) is 2. The van der Waals surface area contributed by atoms with Crippen LogP contribution in [0.3, 0.4) is 0 Å². The minimum Gasteiger partial charge on any atom is -0.459 e. The molecule has 0 aliphatic carbocycles. The Kier molecular flexibility index (Phi) is 5.38. The number of hydrogen-bond donors (Lipinski definition) is 2. The fraction of sp³-hybridized carbons (Fsp3) is 0.368. The van der Waals surface area contributed by atoms with E-state index in [2.05, 4.69) is 44.8 Å². The summed E-state index contributed by atoms with van der Waals surface area (Å²) in [5, 5.41) is 6.25. The lowest BCUT2D eigenvalue weighted by Gasteiger charge is -2.22. The Morgan fingerprint density at radius 1 is 1.24 bits per heavy atom. The summed E-state index contributed by atoms with van der Waals surface area (Å²) in [5.41, 5.74) is 3.42. The second-order valence-corrected chi connectivity index (χ2v) is 6.05. The molecular formula is C19H24N4O2. The zero-order valence-electron chi connectivity index (χ0n) is 14.7. The summed E-state index contributed by atoms with van der Waals surface area (Å²) in [6.07, 6.45) is 3.37. The number of anilines is 1. The Balaban J connectivity index is 1.44. The molecule has 0 fully saturated rings. The van der Waals surface area contributed by atoms with Gasteiger partial charge in [0.05, 0.1) is 6.26 Å². The maximum absolute atomic E-state index is 12.0. The number of hydrogen-bond acceptors (Lipinski definition) is 3. The SMILES string of the molecule is CN=C(NCCCNC(=O)c1occc1C)N1CCc2ccccc21. The summed E-state index contributed by atoms with van der Waals surface area (Å²) in [4.78, 5) is 18.6. The lowest BCUT2D eigenvalue weighted by atomic mass is 10.2. The zero-order valence-corrected chi connectivity index (χ0v) is 14.7. The molecule has 0 unspecified atom stereocenters. The van der Waals surface area contributed by atoms with Gasteiger partial charge < -0.3 is 20.0 Å². The van der Waals surface area contributed by atoms with E-state index in [1.807, 2.05) is 6.92 Å². The summed E-state index contributed by atoms with van der Waals surface area (Å²) >= 11 is 0. The van der Waals surface area contributed by atoms with Gasteiger partial charge >= 0.3 is 0 Å². The number of amides is 1. The number of nitrogens with one attached hydrogen (secondary N) is 2. The maximum atomic E-state index is 12.0. The van der Waals surface area contributed by atoms with Crippen molar-refractivity contribution in [1.82, 2.24) is 10.6 Å². The third-order valence-corrected chi connectivity index (χ3v) is 4.35. The molecule has 0 bridgehead atoms. The van der Waals surface area contributed by atoms with Gasteiger partial charge in [0.1, 0.15) is 0 Å². The summed E-state index contributed by atoms with van der Waals surface area (Å²) in [6, 6.07) is 10.2. The normalized spacial score (nSPS) is 13.7. The Hall–Kier alpha value is -2.76. The topological polar surface area (TPSA) is 69.9 Å². The molecule has 3 rings (SSSR count). The molecule has 25 heavy (non-hydrogen) atoms. The second kappa shape index (κ2) is 7.88. The van der Waals surface area contributed by atoms with Gasteiger partial charge in [0, 0.05) is 37.9 Å². The van der Waals surface area contributed by atoms with E-state index in [-0.39, 0.29) is 5.91 Å². The van der Waals surface area contributed by atoms with E-state index in [0.717, 1.165) is 37.5 Å². The van der Waals surface area contributed by atoms with Crippen LogP contribution in [0.15, 0.2) is 46.0 Å². The highest BCUT2D eigenvalue weighted by Crippen LogP contribution is 2.27. The highest BCUT2D eigenvalue weighted by atomic mass is 16.3. The molecule has 2 heterocycles. The quantitative estimate of drug-likeness (QED) is 0.498. The molecule has 1 aliphatic rings. The van der Waals surface area contributed by atoms with Crippen LogP contribution in [-0.2, 0) is 6.42 Å². The molecule has 0 radical (unpaired) electrons. The lowest BCUT2D eigenvalue weighted by molar-refractivity contribution is 0.0925. The van der Waals surface area contributed by atoms with E-state index in [4.69, 9.17) is 4.42 Å². The van der Waals surface area contributed by atoms with E-state index >= 15 is 0 Å². The molecule has 1 aromatic heterocycles. The van der Waals surface area contributed by atoms with Crippen LogP contribution in [0, 0.1) is 6.92 Å². The molecule has 6 nitrogen and oxygen atoms in total. The fourth-order valence-electron chi connectivity index (χ4n) is 3.03. The lowest BCUT2D eigenvalue weighted by Crippen LogP contribution is -2.41. The van der Waals surface area contributed by atoms with Crippen molar-refractivity contribution in [2.24, 2.45) is 4.99 Å². The van der Waals surface area contributed by atoms with Crippen LogP contribution < -0.4 is 15.5 Å². The molecule has 1 amide bonds. The van der Waals surface area contributed by atoms with Gasteiger partial charge in [0.15, 0.2) is 11.7 Å². The molecule has 0 spiro atoms. The van der Waals surface area contributed by atoms with Gasteiger partial charge in [-0.15, -0.1) is 0 Å². The van der Waals surface area contributed by atoms with Crippen molar-refractivity contribution < 1.29 is 9.21 Å². The van der Waals surface area contributed by atoms with Crippen molar-refractivity contribution in [3.8, 4) is 0 Å². The van der Waals surface area contributed by atoms with Gasteiger partial charge in [-0.05, 0) is 37.5 Å². The van der Waals surface area contributed by atoms with Crippen LogP contribution in [0.25, 0.3) is 0 Å². The zero-order chi connectivity index (χ0) is 17.6. The highest BCUT2D eigenvalue weighted by molar-refractivity contribution is 5.97. The summed E-state index contributed by atoms with van der Waals surface area (Å²) in [6.45, 7) is 4.12. The van der Waals surface area contributed by atoms with E-state index in [0.29, 0.717) is 12.3 Å². The molecule has 0 atom stereocenters. The minimum absolute atomic E-state index is 0.166. The third kappa shape index (κ3) is 3.84. The first-order valence-corrected chi connectivity index (χ1v) is 8.59. The smallest absolute Gasteiger partial charge is 0.287 e. The van der Waals surface area contributed by atoms with Crippen LogP contribution in [0.5, 0.6) is 0 Å². The van der Waals surface area contributed by atoms with Crippen molar-refractivity contribution in [3.05, 3.63) is 53.5 Å². The van der Waals surface area contributed by atoms with Gasteiger partial charge in [-0.1, -0.05) is 18.2 Å². The Morgan fingerprint density at radius 3 is 2.80 bits per heavy atom. The molecular weight excluding hydrogens is 316 g/mol. The van der Waals surface area contributed by atoms with Crippen molar-refractivity contribution >= 4 is 17.6 Å². The summed E-state index contributed by atoms with van der Waals surface area (Å²) in [7, 11) is 1.80. The predicted octanol–water partition coefficient (Wildman–Crippen LogP) is 2.35. The van der Waals surface area contributed by atoms with Gasteiger partial charge in [-0.25, -0.2) is 0 Å². The Bertz CT molecular complexity index is 766. The third-order valence-electron chi connectivity index (χ3n) is 4.35. The van der Waals surface area contributed by atoms with Crippen molar-refractivity contribution in [2.75, 3.05) is 31.6 Å². The number of benzene rings is 1. The molecule has 132 valence electrons. The molecule has 1 aliphatic heterocycles. The monoisotopic (exact) mass is 340 g/mol. The fourth-order valence-corrected chi connectivity index (χ4v) is 3.03. The maximum Gasteiger partial charge on any atom is 0.287 e. The number of guanidine groups is 1. The molecule has 6 heteroatoms. The second-order valence-electron chi connectivity index (χ2n) is 6.05. The number of rotatable bonds is 5. The molecule has 2 aromatic rings. The van der Waals surface area contributed by atoms with Gasteiger partial charge in [0.2, 0.25) is 0 Å². The van der Waals surface area contributed by atoms with E-state index in [1.165, 1.54) is 17.5 Å². The first-order valence-electron chi connectivity index (χ1n) is 8.59. The number of carbonyl (C=O) groups excluding carboxylic acids is 1. The number of carbonyl (C=O) groups is 1. The van der Waals surface area contributed by atoms with Gasteiger partial charge in [0.25, 0.3) is 5.91 Å².